The molecule has 128 valence electrons. The predicted molar refractivity (Wildman–Crippen MR) is 96.1 cm³/mol. The fourth-order valence-electron chi connectivity index (χ4n) is 1.73. The highest BCUT2D eigenvalue weighted by molar-refractivity contribution is 7.99. The van der Waals surface area contributed by atoms with Crippen molar-refractivity contribution in [2.75, 3.05) is 11.1 Å². The lowest BCUT2D eigenvalue weighted by atomic mass is 10.3. The molecule has 0 fully saturated rings. The summed E-state index contributed by atoms with van der Waals surface area (Å²) in [5.41, 5.74) is 0.438. The van der Waals surface area contributed by atoms with Gasteiger partial charge in [0.1, 0.15) is 5.82 Å². The molecule has 0 aliphatic heterocycles. The van der Waals surface area contributed by atoms with Gasteiger partial charge in [0.15, 0.2) is 6.10 Å². The van der Waals surface area contributed by atoms with Crippen LogP contribution >= 0.6 is 34.7 Å². The maximum absolute atomic E-state index is 12.8. The fraction of sp³-hybridized carbons (Fsp3) is 0.250. The zero-order chi connectivity index (χ0) is 17.5. The van der Waals surface area contributed by atoms with E-state index < -0.39 is 23.8 Å². The monoisotopic (exact) mass is 387 g/mol. The summed E-state index contributed by atoms with van der Waals surface area (Å²) in [6.07, 6.45) is -0.931. The van der Waals surface area contributed by atoms with Crippen molar-refractivity contribution < 1.29 is 18.7 Å². The first kappa shape index (κ1) is 18.8. The number of thioether (sulfide) groups is 1. The highest BCUT2D eigenvalue weighted by Crippen LogP contribution is 2.25. The molecule has 8 heteroatoms. The van der Waals surface area contributed by atoms with E-state index in [4.69, 9.17) is 16.3 Å². The highest BCUT2D eigenvalue weighted by atomic mass is 35.5. The SMILES string of the molecule is C[C@@H](OC(=O)CSCc1ccc(Cl)s1)C(=O)Nc1ccc(F)cc1. The number of carbonyl (C=O) groups is 2. The molecule has 2 rings (SSSR count). The zero-order valence-corrected chi connectivity index (χ0v) is 15.1. The molecule has 1 N–H and O–H groups in total. The summed E-state index contributed by atoms with van der Waals surface area (Å²) in [5, 5.41) is 2.56. The first-order chi connectivity index (χ1) is 11.4. The van der Waals surface area contributed by atoms with E-state index in [1.165, 1.54) is 54.3 Å². The second-order valence-electron chi connectivity index (χ2n) is 4.83. The van der Waals surface area contributed by atoms with Gasteiger partial charge in [-0.25, -0.2) is 4.39 Å². The molecule has 1 heterocycles. The average molecular weight is 388 g/mol. The van der Waals surface area contributed by atoms with Crippen LogP contribution in [0, 0.1) is 5.82 Å². The van der Waals surface area contributed by atoms with Crippen molar-refractivity contribution >= 4 is 52.3 Å². The highest BCUT2D eigenvalue weighted by Gasteiger charge is 2.18. The minimum Gasteiger partial charge on any atom is -0.452 e. The van der Waals surface area contributed by atoms with Crippen LogP contribution in [0.5, 0.6) is 0 Å². The number of ether oxygens (including phenoxy) is 1. The number of hydrogen-bond acceptors (Lipinski definition) is 5. The molecular formula is C16H15ClFNO3S2. The van der Waals surface area contributed by atoms with E-state index in [2.05, 4.69) is 5.32 Å². The van der Waals surface area contributed by atoms with Gasteiger partial charge < -0.3 is 10.1 Å². The standard InChI is InChI=1S/C16H15ClFNO3S2/c1-10(16(21)19-12-4-2-11(18)3-5-12)22-15(20)9-23-8-13-6-7-14(17)24-13/h2-7,10H,8-9H2,1H3,(H,19,21)/t10-/m1/s1. The third-order valence-corrected chi connectivity index (χ3v) is 5.25. The largest absolute Gasteiger partial charge is 0.452 e. The molecule has 1 atom stereocenters. The fourth-order valence-corrected chi connectivity index (χ4v) is 3.73. The molecular weight excluding hydrogens is 373 g/mol. The van der Waals surface area contributed by atoms with Crippen molar-refractivity contribution in [2.24, 2.45) is 0 Å². The number of hydrogen-bond donors (Lipinski definition) is 1. The molecule has 1 aromatic carbocycles. The molecule has 2 aromatic rings. The van der Waals surface area contributed by atoms with Crippen LogP contribution < -0.4 is 5.32 Å². The van der Waals surface area contributed by atoms with Crippen LogP contribution in [0.4, 0.5) is 10.1 Å². The number of anilines is 1. The Hall–Kier alpha value is -1.57. The van der Waals surface area contributed by atoms with Gasteiger partial charge in [0.05, 0.1) is 10.1 Å². The Balaban J connectivity index is 1.71. The molecule has 24 heavy (non-hydrogen) atoms. The van der Waals surface area contributed by atoms with Crippen LogP contribution in [0.25, 0.3) is 0 Å². The molecule has 0 saturated heterocycles. The van der Waals surface area contributed by atoms with E-state index in [1.54, 1.807) is 0 Å². The third kappa shape index (κ3) is 6.14. The summed E-state index contributed by atoms with van der Waals surface area (Å²) in [4.78, 5) is 24.8. The van der Waals surface area contributed by atoms with Gasteiger partial charge in [-0.15, -0.1) is 23.1 Å². The number of amides is 1. The van der Waals surface area contributed by atoms with Crippen molar-refractivity contribution in [1.82, 2.24) is 0 Å². The summed E-state index contributed by atoms with van der Waals surface area (Å²) in [6, 6.07) is 9.06. The van der Waals surface area contributed by atoms with Gasteiger partial charge in [0.25, 0.3) is 5.91 Å². The Morgan fingerprint density at radius 2 is 2.00 bits per heavy atom. The molecule has 0 bridgehead atoms. The third-order valence-electron chi connectivity index (χ3n) is 2.88. The van der Waals surface area contributed by atoms with E-state index in [0.717, 1.165) is 4.88 Å². The molecule has 1 aromatic heterocycles. The summed E-state index contributed by atoms with van der Waals surface area (Å²) in [7, 11) is 0. The van der Waals surface area contributed by atoms with Gasteiger partial charge in [0, 0.05) is 16.3 Å². The van der Waals surface area contributed by atoms with Crippen molar-refractivity contribution in [3.05, 3.63) is 51.4 Å². The topological polar surface area (TPSA) is 55.4 Å². The molecule has 0 spiro atoms. The zero-order valence-electron chi connectivity index (χ0n) is 12.8. The van der Waals surface area contributed by atoms with Crippen molar-refractivity contribution in [3.8, 4) is 0 Å². The van der Waals surface area contributed by atoms with Crippen LogP contribution in [-0.2, 0) is 20.1 Å². The number of rotatable bonds is 7. The lowest BCUT2D eigenvalue weighted by Crippen LogP contribution is -2.30. The molecule has 0 saturated carbocycles. The molecule has 0 aliphatic rings. The quantitative estimate of drug-likeness (QED) is 0.718. The number of halogens is 2. The summed E-state index contributed by atoms with van der Waals surface area (Å²) >= 11 is 8.69. The smallest absolute Gasteiger partial charge is 0.316 e. The Morgan fingerprint density at radius 3 is 2.62 bits per heavy atom. The van der Waals surface area contributed by atoms with Gasteiger partial charge in [-0.2, -0.15) is 0 Å². The molecule has 0 aliphatic carbocycles. The average Bonchev–Trinajstić information content (AvgIpc) is 2.95. The van der Waals surface area contributed by atoms with Crippen molar-refractivity contribution in [1.29, 1.82) is 0 Å². The van der Waals surface area contributed by atoms with Crippen LogP contribution in [0.15, 0.2) is 36.4 Å². The van der Waals surface area contributed by atoms with Gasteiger partial charge in [0.2, 0.25) is 0 Å². The second-order valence-corrected chi connectivity index (χ2v) is 7.61. The Bertz CT molecular complexity index is 706. The maximum atomic E-state index is 12.8. The molecule has 4 nitrogen and oxygen atoms in total. The Labute approximate surface area is 152 Å². The lowest BCUT2D eigenvalue weighted by molar-refractivity contribution is -0.150. The van der Waals surface area contributed by atoms with E-state index in [1.807, 2.05) is 12.1 Å². The van der Waals surface area contributed by atoms with Crippen LogP contribution in [0.3, 0.4) is 0 Å². The predicted octanol–water partition coefficient (Wildman–Crippen LogP) is 4.34. The summed E-state index contributed by atoms with van der Waals surface area (Å²) in [5.74, 6) is -0.530. The second kappa shape index (κ2) is 9.05. The lowest BCUT2D eigenvalue weighted by Gasteiger charge is -2.13. The minimum atomic E-state index is -0.931. The number of thiophene rings is 1. The van der Waals surface area contributed by atoms with E-state index >= 15 is 0 Å². The van der Waals surface area contributed by atoms with Crippen LogP contribution in [0.2, 0.25) is 4.34 Å². The molecule has 1 amide bonds. The summed E-state index contributed by atoms with van der Waals surface area (Å²) < 4.78 is 18.6. The van der Waals surface area contributed by atoms with E-state index in [9.17, 15) is 14.0 Å². The normalized spacial score (nSPS) is 11.8. The first-order valence-electron chi connectivity index (χ1n) is 7.02. The van der Waals surface area contributed by atoms with Crippen LogP contribution in [0.1, 0.15) is 11.8 Å². The number of esters is 1. The Kier molecular flexibility index (Phi) is 7.08. The first-order valence-corrected chi connectivity index (χ1v) is 9.37. The Morgan fingerprint density at radius 1 is 1.29 bits per heavy atom. The number of nitrogens with one attached hydrogen (secondary N) is 1. The molecule has 0 radical (unpaired) electrons. The van der Waals surface area contributed by atoms with E-state index in [0.29, 0.717) is 15.8 Å². The van der Waals surface area contributed by atoms with Crippen molar-refractivity contribution in [2.45, 2.75) is 18.8 Å². The maximum Gasteiger partial charge on any atom is 0.316 e. The van der Waals surface area contributed by atoms with Gasteiger partial charge >= 0.3 is 5.97 Å². The summed E-state index contributed by atoms with van der Waals surface area (Å²) in [6.45, 7) is 1.49. The van der Waals surface area contributed by atoms with Gasteiger partial charge in [-0.05, 0) is 43.3 Å². The van der Waals surface area contributed by atoms with E-state index in [-0.39, 0.29) is 5.75 Å². The van der Waals surface area contributed by atoms with Gasteiger partial charge in [-0.3, -0.25) is 9.59 Å². The number of benzene rings is 1. The minimum absolute atomic E-state index is 0.143. The number of carbonyl (C=O) groups excluding carboxylic acids is 2. The van der Waals surface area contributed by atoms with Crippen LogP contribution in [-0.4, -0.2) is 23.7 Å². The van der Waals surface area contributed by atoms with Gasteiger partial charge in [-0.1, -0.05) is 11.6 Å². The molecule has 0 unspecified atom stereocenters. The van der Waals surface area contributed by atoms with Crippen molar-refractivity contribution in [3.63, 3.8) is 0 Å².